The average Bonchev–Trinajstić information content (AvgIpc) is 3.25. The lowest BCUT2D eigenvalue weighted by molar-refractivity contribution is -0.119. The second-order valence-electron chi connectivity index (χ2n) is 10.2. The molecule has 4 rings (SSSR count). The minimum atomic E-state index is -3.22. The van der Waals surface area contributed by atoms with Gasteiger partial charge in [-0.2, -0.15) is 4.99 Å². The number of nitrogens with zero attached hydrogens (tertiary/aromatic N) is 2. The Morgan fingerprint density at radius 3 is 2.43 bits per heavy atom. The topological polar surface area (TPSA) is 105 Å². The smallest absolute Gasteiger partial charge is 0.408 e. The highest BCUT2D eigenvalue weighted by Crippen LogP contribution is 2.39. The Balaban J connectivity index is 1.60. The molecule has 8 nitrogen and oxygen atoms in total. The van der Waals surface area contributed by atoms with E-state index in [0.717, 1.165) is 11.1 Å². The van der Waals surface area contributed by atoms with Crippen molar-refractivity contribution in [3.05, 3.63) is 71.5 Å². The van der Waals surface area contributed by atoms with Crippen LogP contribution in [0.5, 0.6) is 0 Å². The van der Waals surface area contributed by atoms with E-state index in [1.54, 1.807) is 37.8 Å². The number of ether oxygens (including phenoxy) is 1. The van der Waals surface area contributed by atoms with Gasteiger partial charge in [-0.25, -0.2) is 17.6 Å². The predicted molar refractivity (Wildman–Crippen MR) is 142 cm³/mol. The molecule has 0 aliphatic carbocycles. The maximum absolute atomic E-state index is 13.4. The third-order valence-electron chi connectivity index (χ3n) is 5.92. The van der Waals surface area contributed by atoms with Gasteiger partial charge in [-0.05, 0) is 44.0 Å². The van der Waals surface area contributed by atoms with Crippen LogP contribution in [-0.4, -0.2) is 64.9 Å². The van der Waals surface area contributed by atoms with E-state index in [4.69, 9.17) is 4.74 Å². The first-order valence-electron chi connectivity index (χ1n) is 11.9. The zero-order chi connectivity index (χ0) is 26.8. The molecule has 3 atom stereocenters. The number of hydrogen-bond donors (Lipinski definition) is 1. The predicted octanol–water partition coefficient (Wildman–Crippen LogP) is 3.56. The summed E-state index contributed by atoms with van der Waals surface area (Å²) in [5.74, 6) is -0.979. The van der Waals surface area contributed by atoms with Crippen molar-refractivity contribution in [2.45, 2.75) is 56.7 Å². The van der Waals surface area contributed by atoms with Crippen LogP contribution >= 0.6 is 11.8 Å². The van der Waals surface area contributed by atoms with Crippen molar-refractivity contribution in [3.63, 3.8) is 0 Å². The molecule has 0 saturated carbocycles. The number of thioether (sulfide) groups is 1. The molecule has 2 aliphatic heterocycles. The normalized spacial score (nSPS) is 22.5. The summed E-state index contributed by atoms with van der Waals surface area (Å²) < 4.78 is 43.4. The van der Waals surface area contributed by atoms with Crippen molar-refractivity contribution < 1.29 is 27.1 Å². The van der Waals surface area contributed by atoms with Crippen molar-refractivity contribution in [2.75, 3.05) is 11.5 Å². The number of alkyl carbamates (subject to hydrolysis) is 1. The molecule has 2 fully saturated rings. The molecule has 2 heterocycles. The van der Waals surface area contributed by atoms with E-state index in [1.807, 2.05) is 30.3 Å². The minimum Gasteiger partial charge on any atom is -0.444 e. The summed E-state index contributed by atoms with van der Waals surface area (Å²) in [6.45, 7) is 5.47. The zero-order valence-corrected chi connectivity index (χ0v) is 22.5. The number of halogens is 1. The Labute approximate surface area is 220 Å². The van der Waals surface area contributed by atoms with Crippen LogP contribution in [0.1, 0.15) is 31.9 Å². The van der Waals surface area contributed by atoms with E-state index >= 15 is 0 Å². The molecule has 2 aromatic rings. The fourth-order valence-corrected chi connectivity index (χ4v) is 8.24. The highest BCUT2D eigenvalue weighted by molar-refractivity contribution is 8.15. The Hall–Kier alpha value is -2.92. The second-order valence-corrected chi connectivity index (χ2v) is 13.5. The molecule has 0 spiro atoms. The van der Waals surface area contributed by atoms with E-state index in [-0.39, 0.29) is 41.6 Å². The summed E-state index contributed by atoms with van der Waals surface area (Å²) in [7, 11) is -3.22. The molecule has 37 heavy (non-hydrogen) atoms. The second kappa shape index (κ2) is 10.8. The molecular weight excluding hydrogens is 517 g/mol. The molecule has 0 unspecified atom stereocenters. The quantitative estimate of drug-likeness (QED) is 0.590. The minimum absolute atomic E-state index is 0.000928. The van der Waals surface area contributed by atoms with Gasteiger partial charge in [-0.3, -0.25) is 4.79 Å². The largest absolute Gasteiger partial charge is 0.444 e. The molecule has 2 aromatic carbocycles. The van der Waals surface area contributed by atoms with E-state index in [2.05, 4.69) is 10.3 Å². The van der Waals surface area contributed by atoms with Gasteiger partial charge in [0.25, 0.3) is 5.91 Å². The van der Waals surface area contributed by atoms with Gasteiger partial charge in [0.1, 0.15) is 17.5 Å². The summed E-state index contributed by atoms with van der Waals surface area (Å²) in [5.41, 5.74) is 0.856. The lowest BCUT2D eigenvalue weighted by Crippen LogP contribution is -2.45. The average molecular weight is 548 g/mol. The van der Waals surface area contributed by atoms with Crippen molar-refractivity contribution in [2.24, 2.45) is 4.99 Å². The number of aliphatic imine (C=N–C) groups is 1. The van der Waals surface area contributed by atoms with Gasteiger partial charge in [0.2, 0.25) is 0 Å². The van der Waals surface area contributed by atoms with Gasteiger partial charge >= 0.3 is 6.09 Å². The van der Waals surface area contributed by atoms with E-state index < -0.39 is 33.5 Å². The van der Waals surface area contributed by atoms with E-state index in [0.29, 0.717) is 5.17 Å². The third kappa shape index (κ3) is 7.32. The standard InChI is InChI=1S/C26H30FN3O5S2/c1-26(2,3)35-25(32)28-20(13-17-7-5-4-6-8-17)23(31)29-24-30(14-18-9-11-19(27)12-10-18)21-15-37(33,34)16-22(21)36-24/h4-12,20-22H,13-16H2,1-3H3,(H,28,32)/t20-,21+,22-/m1/s1. The number of sulfone groups is 1. The number of carbonyl (C=O) groups excluding carboxylic acids is 2. The highest BCUT2D eigenvalue weighted by atomic mass is 32.2. The van der Waals surface area contributed by atoms with Gasteiger partial charge in [0, 0.05) is 18.2 Å². The first-order chi connectivity index (χ1) is 17.4. The van der Waals surface area contributed by atoms with E-state index in [9.17, 15) is 22.4 Å². The SMILES string of the molecule is CC(C)(C)OC(=O)N[C@H](Cc1ccccc1)C(=O)N=C1S[C@@H]2CS(=O)(=O)C[C@@H]2N1Cc1ccc(F)cc1. The number of amides is 2. The molecule has 198 valence electrons. The first-order valence-corrected chi connectivity index (χ1v) is 14.6. The molecule has 0 aromatic heterocycles. The number of fused-ring (bicyclic) bond motifs is 1. The molecule has 2 aliphatic rings. The number of nitrogens with one attached hydrogen (secondary N) is 1. The van der Waals surface area contributed by atoms with Gasteiger partial charge in [-0.1, -0.05) is 54.2 Å². The summed E-state index contributed by atoms with van der Waals surface area (Å²) in [5, 5.41) is 2.78. The fourth-order valence-electron chi connectivity index (χ4n) is 4.28. The summed E-state index contributed by atoms with van der Waals surface area (Å²) in [4.78, 5) is 32.1. The molecule has 11 heteroatoms. The van der Waals surface area contributed by atoms with Crippen molar-refractivity contribution >= 4 is 38.8 Å². The Bertz CT molecular complexity index is 1280. The lowest BCUT2D eigenvalue weighted by atomic mass is 10.1. The maximum Gasteiger partial charge on any atom is 0.408 e. The summed E-state index contributed by atoms with van der Waals surface area (Å²) in [6.07, 6.45) is -0.522. The molecule has 2 amide bonds. The Morgan fingerprint density at radius 1 is 1.11 bits per heavy atom. The van der Waals surface area contributed by atoms with Crippen molar-refractivity contribution in [1.29, 1.82) is 0 Å². The highest BCUT2D eigenvalue weighted by Gasteiger charge is 2.49. The number of hydrogen-bond acceptors (Lipinski definition) is 6. The van der Waals surface area contributed by atoms with Gasteiger partial charge in [-0.15, -0.1) is 0 Å². The Morgan fingerprint density at radius 2 is 1.78 bits per heavy atom. The number of carbonyl (C=O) groups is 2. The Kier molecular flexibility index (Phi) is 7.94. The summed E-state index contributed by atoms with van der Waals surface area (Å²) >= 11 is 1.25. The van der Waals surface area contributed by atoms with Gasteiger partial charge in [0.15, 0.2) is 15.0 Å². The molecular formula is C26H30FN3O5S2. The van der Waals surface area contributed by atoms with Crippen LogP contribution < -0.4 is 5.32 Å². The fraction of sp³-hybridized carbons (Fsp3) is 0.423. The zero-order valence-electron chi connectivity index (χ0n) is 20.9. The monoisotopic (exact) mass is 547 g/mol. The number of amidine groups is 1. The van der Waals surface area contributed by atoms with Gasteiger partial charge in [0.05, 0.1) is 17.5 Å². The van der Waals surface area contributed by atoms with Crippen LogP contribution in [0.25, 0.3) is 0 Å². The lowest BCUT2D eigenvalue weighted by Gasteiger charge is -2.25. The van der Waals surface area contributed by atoms with E-state index in [1.165, 1.54) is 23.9 Å². The van der Waals surface area contributed by atoms with Crippen LogP contribution in [-0.2, 0) is 32.3 Å². The van der Waals surface area contributed by atoms with Crippen molar-refractivity contribution in [3.8, 4) is 0 Å². The van der Waals surface area contributed by atoms with Crippen LogP contribution in [0, 0.1) is 5.82 Å². The van der Waals surface area contributed by atoms with Crippen LogP contribution in [0.2, 0.25) is 0 Å². The molecule has 2 saturated heterocycles. The van der Waals surface area contributed by atoms with Gasteiger partial charge < -0.3 is 15.0 Å². The van der Waals surface area contributed by atoms with Crippen molar-refractivity contribution in [1.82, 2.24) is 10.2 Å². The maximum atomic E-state index is 13.4. The molecule has 1 N–H and O–H groups in total. The van der Waals surface area contributed by atoms with Crippen LogP contribution in [0.3, 0.4) is 0 Å². The third-order valence-corrected chi connectivity index (χ3v) is 9.17. The number of benzene rings is 2. The first kappa shape index (κ1) is 27.1. The van der Waals surface area contributed by atoms with Crippen LogP contribution in [0.15, 0.2) is 59.6 Å². The molecule has 0 bridgehead atoms. The van der Waals surface area contributed by atoms with Crippen LogP contribution in [0.4, 0.5) is 9.18 Å². The molecule has 0 radical (unpaired) electrons. The number of rotatable bonds is 6. The summed E-state index contributed by atoms with van der Waals surface area (Å²) in [6, 6.07) is 13.8.